The Hall–Kier alpha value is -1.49. The fraction of sp³-hybridized carbons (Fsp3) is 0.611. The molecule has 4 aliphatic rings. The van der Waals surface area contributed by atoms with Crippen LogP contribution in [0, 0.1) is 35.0 Å². The molecule has 0 saturated heterocycles. The Morgan fingerprint density at radius 1 is 0.950 bits per heavy atom. The van der Waals surface area contributed by atoms with Gasteiger partial charge in [0.15, 0.2) is 0 Å². The zero-order chi connectivity index (χ0) is 13.5. The molecule has 4 fully saturated rings. The third-order valence-corrected chi connectivity index (χ3v) is 5.62. The minimum Gasteiger partial charge on any atom is -0.490 e. The van der Waals surface area contributed by atoms with Crippen LogP contribution < -0.4 is 4.74 Å². The van der Waals surface area contributed by atoms with Crippen molar-refractivity contribution in [2.24, 2.45) is 23.7 Å². The van der Waals surface area contributed by atoms with Crippen LogP contribution in [0.3, 0.4) is 0 Å². The summed E-state index contributed by atoms with van der Waals surface area (Å²) in [6, 6.07) is 10.3. The molecule has 104 valence electrons. The van der Waals surface area contributed by atoms with Gasteiger partial charge in [-0.05, 0) is 73.5 Å². The molecule has 0 unspecified atom stereocenters. The largest absolute Gasteiger partial charge is 0.490 e. The molecule has 2 heteroatoms. The van der Waals surface area contributed by atoms with E-state index in [0.717, 1.165) is 35.0 Å². The van der Waals surface area contributed by atoms with E-state index >= 15 is 0 Å². The predicted molar refractivity (Wildman–Crippen MR) is 77.2 cm³/mol. The van der Waals surface area contributed by atoms with E-state index < -0.39 is 0 Å². The molecule has 4 bridgehead atoms. The second kappa shape index (κ2) is 4.81. The summed E-state index contributed by atoms with van der Waals surface area (Å²) in [5.41, 5.74) is 1.07. The van der Waals surface area contributed by atoms with Crippen LogP contribution >= 0.6 is 0 Å². The fourth-order valence-electron chi connectivity index (χ4n) is 5.00. The van der Waals surface area contributed by atoms with Crippen LogP contribution in [0.2, 0.25) is 0 Å². The molecule has 4 saturated carbocycles. The van der Waals surface area contributed by atoms with Crippen LogP contribution in [0.1, 0.15) is 37.7 Å². The molecular weight excluding hydrogens is 246 g/mol. The quantitative estimate of drug-likeness (QED) is 0.830. The van der Waals surface area contributed by atoms with Crippen molar-refractivity contribution in [3.8, 4) is 11.8 Å². The smallest absolute Gasteiger partial charge is 0.119 e. The zero-order valence-electron chi connectivity index (χ0n) is 11.8. The van der Waals surface area contributed by atoms with E-state index in [0.29, 0.717) is 12.5 Å². The first-order valence-corrected chi connectivity index (χ1v) is 7.94. The van der Waals surface area contributed by atoms with Crippen LogP contribution in [-0.2, 0) is 6.42 Å². The van der Waals surface area contributed by atoms with Gasteiger partial charge in [0, 0.05) is 0 Å². The van der Waals surface area contributed by atoms with Gasteiger partial charge in [0.05, 0.1) is 12.5 Å². The average Bonchev–Trinajstić information content (AvgIpc) is 2.44. The van der Waals surface area contributed by atoms with E-state index in [4.69, 9.17) is 10.00 Å². The molecule has 0 heterocycles. The Morgan fingerprint density at radius 2 is 1.55 bits per heavy atom. The van der Waals surface area contributed by atoms with Crippen molar-refractivity contribution in [3.05, 3.63) is 29.8 Å². The summed E-state index contributed by atoms with van der Waals surface area (Å²) in [4.78, 5) is 0. The van der Waals surface area contributed by atoms with E-state index in [1.165, 1.54) is 32.1 Å². The van der Waals surface area contributed by atoms with Gasteiger partial charge in [-0.2, -0.15) is 5.26 Å². The molecule has 4 aliphatic carbocycles. The molecule has 5 rings (SSSR count). The molecule has 1 aromatic rings. The Kier molecular flexibility index (Phi) is 2.95. The lowest BCUT2D eigenvalue weighted by molar-refractivity contribution is -0.0789. The minimum atomic E-state index is 0.449. The Labute approximate surface area is 120 Å². The van der Waals surface area contributed by atoms with Crippen molar-refractivity contribution < 1.29 is 4.74 Å². The predicted octanol–water partition coefficient (Wildman–Crippen LogP) is 3.96. The highest BCUT2D eigenvalue weighted by molar-refractivity contribution is 5.29. The maximum atomic E-state index is 8.71. The molecule has 0 N–H and O–H groups in total. The normalized spacial score (nSPS) is 37.6. The first kappa shape index (κ1) is 12.3. The summed E-state index contributed by atoms with van der Waals surface area (Å²) in [6.45, 7) is 0. The highest BCUT2D eigenvalue weighted by atomic mass is 16.5. The van der Waals surface area contributed by atoms with Gasteiger partial charge in [-0.3, -0.25) is 0 Å². The summed E-state index contributed by atoms with van der Waals surface area (Å²) in [6.07, 6.45) is 7.99. The Bertz CT molecular complexity index is 499. The first-order chi connectivity index (χ1) is 9.81. The lowest BCUT2D eigenvalue weighted by atomic mass is 9.55. The van der Waals surface area contributed by atoms with E-state index in [-0.39, 0.29) is 0 Å². The number of ether oxygens (including phenoxy) is 1. The van der Waals surface area contributed by atoms with E-state index in [9.17, 15) is 0 Å². The molecule has 2 nitrogen and oxygen atoms in total. The number of hydrogen-bond acceptors (Lipinski definition) is 2. The SMILES string of the molecule is N#CCc1ccc(OC2C3CC4CC(C3)CC2C4)cc1. The van der Waals surface area contributed by atoms with Crippen LogP contribution in [0.5, 0.6) is 5.75 Å². The molecule has 20 heavy (non-hydrogen) atoms. The Balaban J connectivity index is 1.47. The van der Waals surface area contributed by atoms with Gasteiger partial charge in [-0.15, -0.1) is 0 Å². The third-order valence-electron chi connectivity index (χ3n) is 5.62. The molecule has 0 radical (unpaired) electrons. The highest BCUT2D eigenvalue weighted by Gasteiger charge is 2.49. The summed E-state index contributed by atoms with van der Waals surface area (Å²) >= 11 is 0. The highest BCUT2D eigenvalue weighted by Crippen LogP contribution is 2.54. The van der Waals surface area contributed by atoms with Crippen molar-refractivity contribution in [1.29, 1.82) is 5.26 Å². The van der Waals surface area contributed by atoms with Crippen molar-refractivity contribution in [1.82, 2.24) is 0 Å². The number of nitriles is 1. The lowest BCUT2D eigenvalue weighted by Gasteiger charge is -2.53. The maximum absolute atomic E-state index is 8.71. The minimum absolute atomic E-state index is 0.449. The van der Waals surface area contributed by atoms with E-state index in [1.807, 2.05) is 24.3 Å². The van der Waals surface area contributed by atoms with Crippen molar-refractivity contribution in [2.45, 2.75) is 44.6 Å². The molecule has 0 atom stereocenters. The molecule has 0 amide bonds. The van der Waals surface area contributed by atoms with Gasteiger partial charge in [0.1, 0.15) is 11.9 Å². The van der Waals surface area contributed by atoms with Crippen LogP contribution in [0.25, 0.3) is 0 Å². The second-order valence-corrected chi connectivity index (χ2v) is 6.99. The van der Waals surface area contributed by atoms with Gasteiger partial charge in [0.25, 0.3) is 0 Å². The topological polar surface area (TPSA) is 33.0 Å². The molecular formula is C18H21NO. The second-order valence-electron chi connectivity index (χ2n) is 6.99. The summed E-state index contributed by atoms with van der Waals surface area (Å²) in [5, 5.41) is 8.71. The van der Waals surface area contributed by atoms with Crippen LogP contribution in [-0.4, -0.2) is 6.10 Å². The number of hydrogen-bond donors (Lipinski definition) is 0. The van der Waals surface area contributed by atoms with Gasteiger partial charge in [-0.25, -0.2) is 0 Å². The molecule has 0 spiro atoms. The van der Waals surface area contributed by atoms with Crippen molar-refractivity contribution in [2.75, 3.05) is 0 Å². The van der Waals surface area contributed by atoms with E-state index in [1.54, 1.807) is 0 Å². The number of benzene rings is 1. The van der Waals surface area contributed by atoms with Gasteiger partial charge in [0.2, 0.25) is 0 Å². The molecule has 1 aromatic carbocycles. The van der Waals surface area contributed by atoms with Crippen molar-refractivity contribution in [3.63, 3.8) is 0 Å². The number of nitrogens with zero attached hydrogens (tertiary/aromatic N) is 1. The zero-order valence-corrected chi connectivity index (χ0v) is 11.8. The summed E-state index contributed by atoms with van der Waals surface area (Å²) in [5.74, 6) is 4.57. The van der Waals surface area contributed by atoms with Gasteiger partial charge in [-0.1, -0.05) is 12.1 Å². The first-order valence-electron chi connectivity index (χ1n) is 7.94. The maximum Gasteiger partial charge on any atom is 0.119 e. The number of rotatable bonds is 3. The van der Waals surface area contributed by atoms with Crippen LogP contribution in [0.15, 0.2) is 24.3 Å². The van der Waals surface area contributed by atoms with Crippen molar-refractivity contribution >= 4 is 0 Å². The standard InChI is InChI=1S/C18H21NO/c19-6-5-12-1-3-17(4-2-12)20-18-15-8-13-7-14(10-15)11-16(18)9-13/h1-4,13-16,18H,5,7-11H2. The summed E-state index contributed by atoms with van der Waals surface area (Å²) in [7, 11) is 0. The fourth-order valence-corrected chi connectivity index (χ4v) is 5.00. The van der Waals surface area contributed by atoms with Crippen LogP contribution in [0.4, 0.5) is 0 Å². The van der Waals surface area contributed by atoms with Gasteiger partial charge < -0.3 is 4.74 Å². The Morgan fingerprint density at radius 3 is 2.10 bits per heavy atom. The third kappa shape index (κ3) is 2.10. The lowest BCUT2D eigenvalue weighted by Crippen LogP contribution is -2.50. The average molecular weight is 267 g/mol. The monoisotopic (exact) mass is 267 g/mol. The molecule has 0 aliphatic heterocycles. The van der Waals surface area contributed by atoms with Gasteiger partial charge >= 0.3 is 0 Å². The molecule has 0 aromatic heterocycles. The van der Waals surface area contributed by atoms with E-state index in [2.05, 4.69) is 6.07 Å². The summed E-state index contributed by atoms with van der Waals surface area (Å²) < 4.78 is 6.34.